The summed E-state index contributed by atoms with van der Waals surface area (Å²) in [7, 11) is -15.9. The first-order chi connectivity index (χ1) is 14.2. The van der Waals surface area contributed by atoms with E-state index < -0.39 is 57.2 Å². The van der Waals surface area contributed by atoms with Crippen molar-refractivity contribution in [1.29, 1.82) is 0 Å². The van der Waals surface area contributed by atoms with Crippen LogP contribution in [0.4, 0.5) is 5.82 Å². The molecule has 3 heterocycles. The van der Waals surface area contributed by atoms with Crippen LogP contribution in [-0.2, 0) is 37.3 Å². The summed E-state index contributed by atoms with van der Waals surface area (Å²) in [5.74, 6) is 0.0817. The lowest BCUT2D eigenvalue weighted by Crippen LogP contribution is -2.35. The summed E-state index contributed by atoms with van der Waals surface area (Å²) in [5.41, 5.74) is 5.88. The van der Waals surface area contributed by atoms with Crippen molar-refractivity contribution < 1.29 is 59.6 Å². The van der Waals surface area contributed by atoms with E-state index in [0.29, 0.717) is 5.39 Å². The molecule has 3 rings (SSSR count). The standard InChI is InChI=1S/C11H16N4O13P2S/c12-9-5-1-2-15(10(5)14-4-13-9)11-8(27-29(17,18)19)7(16)6(26-11)3-25-30(20,21)28-31(22,23)24/h1-2,4,6-8,11,16H,3H2,(H,20,21)(H2,12,13,14)(H2,17,18,19)(H,22,23,24)/t6-,7-,8-,11-/m1/s1. The van der Waals surface area contributed by atoms with E-state index in [1.54, 1.807) is 0 Å². The molecule has 1 aliphatic heterocycles. The number of fused-ring (bicyclic) bond motifs is 1. The zero-order chi connectivity index (χ0) is 23.2. The fourth-order valence-electron chi connectivity index (χ4n) is 2.86. The number of rotatable bonds is 8. The molecule has 0 aliphatic carbocycles. The van der Waals surface area contributed by atoms with Crippen LogP contribution in [0.15, 0.2) is 18.6 Å². The van der Waals surface area contributed by atoms with Gasteiger partial charge in [-0.3, -0.25) is 13.6 Å². The van der Waals surface area contributed by atoms with Crippen molar-refractivity contribution in [3.8, 4) is 0 Å². The number of ether oxygens (including phenoxy) is 1. The van der Waals surface area contributed by atoms with Crippen molar-refractivity contribution in [2.75, 3.05) is 12.3 Å². The molecule has 0 amide bonds. The minimum atomic E-state index is -5.35. The van der Waals surface area contributed by atoms with E-state index in [4.69, 9.17) is 15.0 Å². The molecule has 0 radical (unpaired) electrons. The highest BCUT2D eigenvalue weighted by atomic mass is 32.3. The molecule has 2 aromatic rings. The third-order valence-electron chi connectivity index (χ3n) is 3.98. The van der Waals surface area contributed by atoms with E-state index >= 15 is 0 Å². The van der Waals surface area contributed by atoms with E-state index in [2.05, 4.69) is 23.0 Å². The third-order valence-corrected chi connectivity index (χ3v) is 6.48. The molecular formula is C11H16N4O13P2S. The number of anilines is 1. The van der Waals surface area contributed by atoms with Crippen molar-refractivity contribution in [3.05, 3.63) is 18.6 Å². The Balaban J connectivity index is 1.88. The first kappa shape index (κ1) is 24.1. The van der Waals surface area contributed by atoms with Gasteiger partial charge in [-0.05, 0) is 6.07 Å². The van der Waals surface area contributed by atoms with Gasteiger partial charge in [-0.2, -0.15) is 8.42 Å². The Morgan fingerprint density at radius 3 is 2.55 bits per heavy atom. The van der Waals surface area contributed by atoms with Gasteiger partial charge in [-0.1, -0.05) is 0 Å². The van der Waals surface area contributed by atoms with Crippen molar-refractivity contribution in [2.24, 2.45) is 0 Å². The van der Waals surface area contributed by atoms with Gasteiger partial charge < -0.3 is 34.8 Å². The number of aromatic nitrogens is 3. The maximum absolute atomic E-state index is 11.6. The summed E-state index contributed by atoms with van der Waals surface area (Å²) in [6, 6.07) is 1.46. The maximum Gasteiger partial charge on any atom is 0.488 e. The zero-order valence-electron chi connectivity index (χ0n) is 15.0. The Morgan fingerprint density at radius 2 is 1.94 bits per heavy atom. The smallest absolute Gasteiger partial charge is 0.387 e. The van der Waals surface area contributed by atoms with Crippen molar-refractivity contribution in [2.45, 2.75) is 24.5 Å². The summed E-state index contributed by atoms with van der Waals surface area (Å²) in [4.78, 5) is 35.4. The zero-order valence-corrected chi connectivity index (χ0v) is 17.6. The lowest BCUT2D eigenvalue weighted by Gasteiger charge is -2.22. The van der Waals surface area contributed by atoms with Crippen LogP contribution in [0.3, 0.4) is 0 Å². The minimum absolute atomic E-state index is 0.0817. The van der Waals surface area contributed by atoms with Crippen LogP contribution in [0, 0.1) is 0 Å². The Kier molecular flexibility index (Phi) is 6.56. The average Bonchev–Trinajstić information content (AvgIpc) is 3.13. The normalized spacial score (nSPS) is 26.9. The number of nitrogens with two attached hydrogens (primary N) is 1. The van der Waals surface area contributed by atoms with Gasteiger partial charge in [0.1, 0.15) is 36.1 Å². The number of hydrogen-bond donors (Lipinski definition) is 6. The van der Waals surface area contributed by atoms with Gasteiger partial charge in [0.15, 0.2) is 6.23 Å². The van der Waals surface area contributed by atoms with E-state index in [9.17, 15) is 37.3 Å². The molecule has 2 aromatic heterocycles. The SMILES string of the molecule is Nc1ncnc2c1ccn2[C@@H]1O[C@H](COP(=O)(O)OS(=O)(=O)O)[C@@H](O)[C@H]1OP(=O)(O)O. The van der Waals surface area contributed by atoms with Gasteiger partial charge in [0.2, 0.25) is 0 Å². The van der Waals surface area contributed by atoms with Gasteiger partial charge >= 0.3 is 26.0 Å². The average molecular weight is 506 g/mol. The number of nitrogens with zero attached hydrogens (tertiary/aromatic N) is 3. The highest BCUT2D eigenvalue weighted by molar-refractivity contribution is 7.85. The number of phosphoric ester groups is 2. The van der Waals surface area contributed by atoms with Gasteiger partial charge in [0, 0.05) is 6.20 Å². The summed E-state index contributed by atoms with van der Waals surface area (Å²) in [6.45, 7) is -1.00. The van der Waals surface area contributed by atoms with E-state index in [0.717, 1.165) is 6.33 Å². The first-order valence-corrected chi connectivity index (χ1v) is 12.4. The van der Waals surface area contributed by atoms with Gasteiger partial charge in [-0.25, -0.2) is 19.1 Å². The molecule has 0 saturated carbocycles. The van der Waals surface area contributed by atoms with Crippen LogP contribution in [0.2, 0.25) is 0 Å². The Hall–Kier alpha value is -1.53. The van der Waals surface area contributed by atoms with Crippen LogP contribution in [-0.4, -0.2) is 72.2 Å². The molecular weight excluding hydrogens is 490 g/mol. The molecule has 5 atom stereocenters. The molecule has 1 aliphatic rings. The second-order valence-corrected chi connectivity index (χ2v) is 9.94. The maximum atomic E-state index is 11.6. The highest BCUT2D eigenvalue weighted by Crippen LogP contribution is 2.48. The summed E-state index contributed by atoms with van der Waals surface area (Å²) in [6.07, 6.45) is -4.13. The fraction of sp³-hybridized carbons (Fsp3) is 0.455. The lowest BCUT2D eigenvalue weighted by molar-refractivity contribution is -0.0493. The van der Waals surface area contributed by atoms with Crippen LogP contribution < -0.4 is 5.73 Å². The molecule has 174 valence electrons. The highest BCUT2D eigenvalue weighted by Gasteiger charge is 2.49. The Bertz CT molecular complexity index is 1170. The van der Waals surface area contributed by atoms with Gasteiger partial charge in [0.25, 0.3) is 0 Å². The molecule has 17 nitrogen and oxygen atoms in total. The van der Waals surface area contributed by atoms with Crippen molar-refractivity contribution >= 4 is 42.9 Å². The molecule has 0 bridgehead atoms. The molecule has 7 N–H and O–H groups in total. The number of aliphatic hydroxyl groups is 1. The molecule has 31 heavy (non-hydrogen) atoms. The van der Waals surface area contributed by atoms with E-state index in [-0.39, 0.29) is 11.5 Å². The fourth-order valence-corrected chi connectivity index (χ4v) is 4.86. The number of aliphatic hydroxyl groups excluding tert-OH is 1. The molecule has 1 fully saturated rings. The minimum Gasteiger partial charge on any atom is -0.387 e. The van der Waals surface area contributed by atoms with Crippen LogP contribution in [0.5, 0.6) is 0 Å². The lowest BCUT2D eigenvalue weighted by atomic mass is 10.1. The second kappa shape index (κ2) is 8.43. The second-order valence-electron chi connectivity index (χ2n) is 6.10. The topological polar surface area (TPSA) is 263 Å². The Labute approximate surface area is 173 Å². The largest absolute Gasteiger partial charge is 0.488 e. The first-order valence-electron chi connectivity index (χ1n) is 7.97. The predicted octanol–water partition coefficient (Wildman–Crippen LogP) is -1.31. The number of phosphoric acid groups is 2. The predicted molar refractivity (Wildman–Crippen MR) is 97.2 cm³/mol. The number of hydrogen-bond acceptors (Lipinski definition) is 12. The monoisotopic (exact) mass is 506 g/mol. The van der Waals surface area contributed by atoms with E-state index in [1.165, 1.54) is 16.8 Å². The third kappa shape index (κ3) is 5.83. The molecule has 20 heteroatoms. The summed E-state index contributed by atoms with van der Waals surface area (Å²) >= 11 is 0. The van der Waals surface area contributed by atoms with Crippen LogP contribution >= 0.6 is 15.6 Å². The Morgan fingerprint density at radius 1 is 1.26 bits per heavy atom. The number of nitrogen functional groups attached to an aromatic ring is 1. The van der Waals surface area contributed by atoms with Gasteiger partial charge in [-0.15, -0.1) is 3.97 Å². The quantitative estimate of drug-likeness (QED) is 0.179. The molecule has 1 saturated heterocycles. The molecule has 0 aromatic carbocycles. The van der Waals surface area contributed by atoms with Crippen molar-refractivity contribution in [3.63, 3.8) is 0 Å². The summed E-state index contributed by atoms with van der Waals surface area (Å²) in [5, 5.41) is 10.8. The molecule has 1 unspecified atom stereocenters. The molecule has 0 spiro atoms. The van der Waals surface area contributed by atoms with Gasteiger partial charge in [0.05, 0.1) is 12.0 Å². The van der Waals surface area contributed by atoms with E-state index in [1.807, 2.05) is 0 Å². The van der Waals surface area contributed by atoms with Crippen LogP contribution in [0.25, 0.3) is 11.0 Å². The van der Waals surface area contributed by atoms with Crippen LogP contribution in [0.1, 0.15) is 6.23 Å². The summed E-state index contributed by atoms with van der Waals surface area (Å²) < 4.78 is 71.7. The van der Waals surface area contributed by atoms with Crippen molar-refractivity contribution in [1.82, 2.24) is 14.5 Å².